The van der Waals surface area contributed by atoms with E-state index in [-0.39, 0.29) is 0 Å². The summed E-state index contributed by atoms with van der Waals surface area (Å²) in [6.45, 7) is 3.15. The predicted octanol–water partition coefficient (Wildman–Crippen LogP) is 2.85. The standard InChI is InChI=1S/C13H25NO/c1-2-3-9-15-12-10-11(14)13(12)7-5-4-6-8-13/h11-12H,2-10,14H2,1H3. The molecule has 0 amide bonds. The summed E-state index contributed by atoms with van der Waals surface area (Å²) in [4.78, 5) is 0. The first-order valence-electron chi connectivity index (χ1n) is 6.67. The van der Waals surface area contributed by atoms with Gasteiger partial charge in [0.25, 0.3) is 0 Å². The van der Waals surface area contributed by atoms with Gasteiger partial charge in [-0.15, -0.1) is 0 Å². The Balaban J connectivity index is 1.84. The van der Waals surface area contributed by atoms with Gasteiger partial charge in [0.15, 0.2) is 0 Å². The molecule has 2 atom stereocenters. The fourth-order valence-corrected chi connectivity index (χ4v) is 3.29. The maximum Gasteiger partial charge on any atom is 0.0661 e. The third-order valence-corrected chi connectivity index (χ3v) is 4.45. The topological polar surface area (TPSA) is 35.2 Å². The molecule has 0 bridgehead atoms. The number of unbranched alkanes of at least 4 members (excludes halogenated alkanes) is 1. The summed E-state index contributed by atoms with van der Waals surface area (Å²) in [5.41, 5.74) is 6.58. The average molecular weight is 211 g/mol. The van der Waals surface area contributed by atoms with Crippen LogP contribution in [-0.4, -0.2) is 18.8 Å². The van der Waals surface area contributed by atoms with Crippen LogP contribution in [0.5, 0.6) is 0 Å². The molecule has 15 heavy (non-hydrogen) atoms. The van der Waals surface area contributed by atoms with Gasteiger partial charge in [0.1, 0.15) is 0 Å². The van der Waals surface area contributed by atoms with Crippen molar-refractivity contribution in [2.24, 2.45) is 11.1 Å². The Morgan fingerprint density at radius 2 is 2.00 bits per heavy atom. The third kappa shape index (κ3) is 2.07. The molecule has 2 aliphatic carbocycles. The first kappa shape index (κ1) is 11.4. The molecule has 88 valence electrons. The Hall–Kier alpha value is -0.0800. The Bertz CT molecular complexity index is 199. The zero-order valence-electron chi connectivity index (χ0n) is 10.0. The van der Waals surface area contributed by atoms with Crippen LogP contribution in [-0.2, 0) is 4.74 Å². The van der Waals surface area contributed by atoms with Gasteiger partial charge < -0.3 is 10.5 Å². The largest absolute Gasteiger partial charge is 0.378 e. The summed E-state index contributed by atoms with van der Waals surface area (Å²) in [7, 11) is 0. The van der Waals surface area contributed by atoms with E-state index in [2.05, 4.69) is 6.92 Å². The molecule has 0 radical (unpaired) electrons. The van der Waals surface area contributed by atoms with Gasteiger partial charge in [-0.1, -0.05) is 32.6 Å². The van der Waals surface area contributed by atoms with Gasteiger partial charge in [-0.25, -0.2) is 0 Å². The van der Waals surface area contributed by atoms with Gasteiger partial charge in [0, 0.05) is 18.1 Å². The minimum atomic E-state index is 0.381. The first-order valence-corrected chi connectivity index (χ1v) is 6.67. The summed E-state index contributed by atoms with van der Waals surface area (Å²) in [6, 6.07) is 0.421. The monoisotopic (exact) mass is 211 g/mol. The van der Waals surface area contributed by atoms with Gasteiger partial charge in [-0.2, -0.15) is 0 Å². The quantitative estimate of drug-likeness (QED) is 0.726. The van der Waals surface area contributed by atoms with Gasteiger partial charge in [-0.05, 0) is 25.7 Å². The minimum absolute atomic E-state index is 0.381. The normalized spacial score (nSPS) is 34.0. The number of nitrogens with two attached hydrogens (primary N) is 1. The Kier molecular flexibility index (Phi) is 3.68. The molecule has 0 aromatic heterocycles. The molecule has 2 N–H and O–H groups in total. The van der Waals surface area contributed by atoms with Crippen molar-refractivity contribution in [1.82, 2.24) is 0 Å². The minimum Gasteiger partial charge on any atom is -0.378 e. The fraction of sp³-hybridized carbons (Fsp3) is 1.00. The maximum absolute atomic E-state index is 6.20. The molecule has 0 aliphatic heterocycles. The average Bonchev–Trinajstić information content (AvgIpc) is 2.29. The summed E-state index contributed by atoms with van der Waals surface area (Å²) in [5, 5.41) is 0. The summed E-state index contributed by atoms with van der Waals surface area (Å²) < 4.78 is 6.00. The fourth-order valence-electron chi connectivity index (χ4n) is 3.29. The van der Waals surface area contributed by atoms with Gasteiger partial charge in [0.2, 0.25) is 0 Å². The van der Waals surface area contributed by atoms with Crippen molar-refractivity contribution >= 4 is 0 Å². The third-order valence-electron chi connectivity index (χ3n) is 4.45. The summed E-state index contributed by atoms with van der Waals surface area (Å²) in [5.74, 6) is 0. The van der Waals surface area contributed by atoms with Crippen molar-refractivity contribution in [3.63, 3.8) is 0 Å². The molecule has 0 aromatic carbocycles. The molecule has 2 nitrogen and oxygen atoms in total. The highest BCUT2D eigenvalue weighted by molar-refractivity contribution is 5.07. The van der Waals surface area contributed by atoms with Crippen LogP contribution in [0.3, 0.4) is 0 Å². The van der Waals surface area contributed by atoms with Crippen molar-refractivity contribution in [3.8, 4) is 0 Å². The zero-order valence-corrected chi connectivity index (χ0v) is 10.0. The highest BCUT2D eigenvalue weighted by atomic mass is 16.5. The van der Waals surface area contributed by atoms with E-state index in [1.807, 2.05) is 0 Å². The molecular formula is C13H25NO. The van der Waals surface area contributed by atoms with E-state index in [1.54, 1.807) is 0 Å². The Labute approximate surface area is 93.6 Å². The van der Waals surface area contributed by atoms with Crippen molar-refractivity contribution in [3.05, 3.63) is 0 Å². The number of ether oxygens (including phenoxy) is 1. The lowest BCUT2D eigenvalue weighted by Crippen LogP contribution is -2.62. The second kappa shape index (κ2) is 4.84. The van der Waals surface area contributed by atoms with E-state index in [4.69, 9.17) is 10.5 Å². The van der Waals surface area contributed by atoms with Crippen LogP contribution in [0.25, 0.3) is 0 Å². The van der Waals surface area contributed by atoms with Crippen LogP contribution in [0, 0.1) is 5.41 Å². The number of rotatable bonds is 4. The second-order valence-corrected chi connectivity index (χ2v) is 5.35. The van der Waals surface area contributed by atoms with Crippen LogP contribution in [0.4, 0.5) is 0 Å². The Morgan fingerprint density at radius 1 is 1.27 bits per heavy atom. The van der Waals surface area contributed by atoms with E-state index >= 15 is 0 Å². The number of hydrogen-bond donors (Lipinski definition) is 1. The lowest BCUT2D eigenvalue weighted by atomic mass is 9.55. The van der Waals surface area contributed by atoms with E-state index < -0.39 is 0 Å². The van der Waals surface area contributed by atoms with E-state index in [0.717, 1.165) is 13.0 Å². The van der Waals surface area contributed by atoms with Crippen molar-refractivity contribution in [2.45, 2.75) is 70.4 Å². The second-order valence-electron chi connectivity index (χ2n) is 5.35. The van der Waals surface area contributed by atoms with E-state index in [9.17, 15) is 0 Å². The van der Waals surface area contributed by atoms with Crippen LogP contribution < -0.4 is 5.73 Å². The van der Waals surface area contributed by atoms with Crippen molar-refractivity contribution in [2.75, 3.05) is 6.61 Å². The molecule has 2 unspecified atom stereocenters. The van der Waals surface area contributed by atoms with Crippen LogP contribution in [0.15, 0.2) is 0 Å². The molecule has 2 rings (SSSR count). The van der Waals surface area contributed by atoms with Crippen LogP contribution in [0.2, 0.25) is 0 Å². The van der Waals surface area contributed by atoms with Crippen molar-refractivity contribution < 1.29 is 4.74 Å². The van der Waals surface area contributed by atoms with E-state index in [0.29, 0.717) is 17.6 Å². The van der Waals surface area contributed by atoms with E-state index in [1.165, 1.54) is 44.9 Å². The summed E-state index contributed by atoms with van der Waals surface area (Å²) in [6.07, 6.45) is 10.8. The molecular weight excluding hydrogens is 186 g/mol. The maximum atomic E-state index is 6.20. The van der Waals surface area contributed by atoms with Crippen LogP contribution >= 0.6 is 0 Å². The molecule has 0 heterocycles. The molecule has 1 spiro atoms. The van der Waals surface area contributed by atoms with Gasteiger partial charge in [-0.3, -0.25) is 0 Å². The van der Waals surface area contributed by atoms with Crippen LogP contribution in [0.1, 0.15) is 58.3 Å². The number of hydrogen-bond acceptors (Lipinski definition) is 2. The Morgan fingerprint density at radius 3 is 2.60 bits per heavy atom. The smallest absolute Gasteiger partial charge is 0.0661 e. The lowest BCUT2D eigenvalue weighted by Gasteiger charge is -2.56. The SMILES string of the molecule is CCCCOC1CC(N)C12CCCCC2. The first-order chi connectivity index (χ1) is 7.29. The van der Waals surface area contributed by atoms with Gasteiger partial charge in [0.05, 0.1) is 6.10 Å². The molecule has 0 aromatic rings. The molecule has 2 fully saturated rings. The van der Waals surface area contributed by atoms with Gasteiger partial charge >= 0.3 is 0 Å². The highest BCUT2D eigenvalue weighted by Gasteiger charge is 2.53. The lowest BCUT2D eigenvalue weighted by molar-refractivity contribution is -0.143. The summed E-state index contributed by atoms with van der Waals surface area (Å²) >= 11 is 0. The van der Waals surface area contributed by atoms with Crippen molar-refractivity contribution in [1.29, 1.82) is 0 Å². The molecule has 2 aliphatic rings. The highest BCUT2D eigenvalue weighted by Crippen LogP contribution is 2.52. The molecule has 0 saturated heterocycles. The predicted molar refractivity (Wildman–Crippen MR) is 62.8 cm³/mol. The molecule has 2 heteroatoms. The zero-order chi connectivity index (χ0) is 10.7. The molecule has 2 saturated carbocycles.